The lowest BCUT2D eigenvalue weighted by Crippen LogP contribution is -2.01. The van der Waals surface area contributed by atoms with Crippen molar-refractivity contribution < 1.29 is 4.74 Å². The van der Waals surface area contributed by atoms with E-state index in [4.69, 9.17) is 4.74 Å². The molecule has 1 nitrogen and oxygen atoms in total. The summed E-state index contributed by atoms with van der Waals surface area (Å²) in [6.45, 7) is 9.01. The van der Waals surface area contributed by atoms with E-state index in [2.05, 4.69) is 58.0 Å². The fraction of sp³-hybridized carbons (Fsp3) is 0.368. The lowest BCUT2D eigenvalue weighted by Gasteiger charge is -2.20. The summed E-state index contributed by atoms with van der Waals surface area (Å²) in [7, 11) is 1.70. The maximum absolute atomic E-state index is 5.33. The van der Waals surface area contributed by atoms with Crippen molar-refractivity contribution in [3.05, 3.63) is 53.6 Å². The van der Waals surface area contributed by atoms with Gasteiger partial charge in [-0.15, -0.1) is 0 Å². The first kappa shape index (κ1) is 14.6. The Morgan fingerprint density at radius 1 is 1.00 bits per heavy atom. The van der Waals surface area contributed by atoms with Crippen molar-refractivity contribution in [2.45, 2.75) is 39.5 Å². The predicted octanol–water partition coefficient (Wildman–Crippen LogP) is 5.41. The van der Waals surface area contributed by atoms with Gasteiger partial charge in [0.2, 0.25) is 0 Å². The standard InChI is InChI=1S/C19H23O/c1-13(2)17-10-7-11-18(19(17)14(3)4)15-8-6-9-16(12-15)20-5/h6-7,9-14H,1-5H3. The predicted molar refractivity (Wildman–Crippen MR) is 85.4 cm³/mol. The van der Waals surface area contributed by atoms with Crippen LogP contribution in [-0.2, 0) is 0 Å². The quantitative estimate of drug-likeness (QED) is 0.719. The Morgan fingerprint density at radius 3 is 2.35 bits per heavy atom. The molecule has 0 spiro atoms. The molecule has 0 amide bonds. The molecule has 0 unspecified atom stereocenters. The number of ether oxygens (including phenoxy) is 1. The van der Waals surface area contributed by atoms with Gasteiger partial charge < -0.3 is 4.74 Å². The van der Waals surface area contributed by atoms with Gasteiger partial charge in [0.15, 0.2) is 0 Å². The second kappa shape index (κ2) is 6.13. The fourth-order valence-corrected chi connectivity index (χ4v) is 2.69. The molecule has 0 aliphatic carbocycles. The minimum atomic E-state index is 0.489. The van der Waals surface area contributed by atoms with E-state index in [1.165, 1.54) is 16.7 Å². The van der Waals surface area contributed by atoms with E-state index in [0.29, 0.717) is 11.8 Å². The maximum Gasteiger partial charge on any atom is 0.119 e. The van der Waals surface area contributed by atoms with Crippen molar-refractivity contribution in [1.29, 1.82) is 0 Å². The van der Waals surface area contributed by atoms with E-state index in [9.17, 15) is 0 Å². The molecule has 1 heteroatoms. The Morgan fingerprint density at radius 2 is 1.75 bits per heavy atom. The van der Waals surface area contributed by atoms with Gasteiger partial charge in [-0.1, -0.05) is 52.0 Å². The van der Waals surface area contributed by atoms with E-state index in [1.54, 1.807) is 7.11 Å². The van der Waals surface area contributed by atoms with Gasteiger partial charge in [0.05, 0.1) is 7.11 Å². The topological polar surface area (TPSA) is 9.23 Å². The van der Waals surface area contributed by atoms with Crippen LogP contribution in [0.4, 0.5) is 0 Å². The first-order valence-electron chi connectivity index (χ1n) is 7.23. The van der Waals surface area contributed by atoms with Crippen LogP contribution in [0.2, 0.25) is 0 Å². The molecule has 0 fully saturated rings. The lowest BCUT2D eigenvalue weighted by molar-refractivity contribution is 0.415. The van der Waals surface area contributed by atoms with Crippen LogP contribution in [-0.4, -0.2) is 7.11 Å². The summed E-state index contributed by atoms with van der Waals surface area (Å²) in [5.41, 5.74) is 5.22. The zero-order chi connectivity index (χ0) is 14.7. The third-order valence-electron chi connectivity index (χ3n) is 3.64. The highest BCUT2D eigenvalue weighted by Gasteiger charge is 2.15. The summed E-state index contributed by atoms with van der Waals surface area (Å²) in [5, 5.41) is 0. The summed E-state index contributed by atoms with van der Waals surface area (Å²) < 4.78 is 5.33. The van der Waals surface area contributed by atoms with Gasteiger partial charge in [-0.3, -0.25) is 0 Å². The monoisotopic (exact) mass is 267 g/mol. The second-order valence-electron chi connectivity index (χ2n) is 5.76. The van der Waals surface area contributed by atoms with Gasteiger partial charge in [-0.2, -0.15) is 0 Å². The van der Waals surface area contributed by atoms with Crippen molar-refractivity contribution >= 4 is 0 Å². The van der Waals surface area contributed by atoms with Crippen molar-refractivity contribution in [2.24, 2.45) is 0 Å². The van der Waals surface area contributed by atoms with E-state index in [1.807, 2.05) is 12.1 Å². The Balaban J connectivity index is 2.63. The molecule has 1 radical (unpaired) electrons. The summed E-state index contributed by atoms with van der Waals surface area (Å²) in [4.78, 5) is 0. The molecule has 0 saturated carbocycles. The van der Waals surface area contributed by atoms with Crippen molar-refractivity contribution in [3.8, 4) is 16.9 Å². The summed E-state index contributed by atoms with van der Waals surface area (Å²) in [5.74, 6) is 1.89. The Hall–Kier alpha value is -1.76. The molecule has 0 heterocycles. The first-order chi connectivity index (χ1) is 9.54. The highest BCUT2D eigenvalue weighted by molar-refractivity contribution is 5.70. The third-order valence-corrected chi connectivity index (χ3v) is 3.64. The Kier molecular flexibility index (Phi) is 4.49. The number of methoxy groups -OCH3 is 1. The average molecular weight is 267 g/mol. The number of rotatable bonds is 4. The molecule has 0 bridgehead atoms. The first-order valence-corrected chi connectivity index (χ1v) is 7.23. The van der Waals surface area contributed by atoms with Crippen LogP contribution in [0, 0.1) is 6.07 Å². The highest BCUT2D eigenvalue weighted by Crippen LogP contribution is 2.36. The Labute approximate surface area is 122 Å². The van der Waals surface area contributed by atoms with E-state index in [0.717, 1.165) is 11.3 Å². The minimum absolute atomic E-state index is 0.489. The highest BCUT2D eigenvalue weighted by atomic mass is 16.5. The maximum atomic E-state index is 5.33. The molecular weight excluding hydrogens is 244 g/mol. The molecule has 20 heavy (non-hydrogen) atoms. The third kappa shape index (κ3) is 2.87. The fourth-order valence-electron chi connectivity index (χ4n) is 2.69. The van der Waals surface area contributed by atoms with Crippen LogP contribution in [0.25, 0.3) is 11.1 Å². The van der Waals surface area contributed by atoms with Gasteiger partial charge in [0.25, 0.3) is 0 Å². The Bertz CT molecular complexity index is 582. The molecule has 105 valence electrons. The molecule has 0 saturated heterocycles. The second-order valence-corrected chi connectivity index (χ2v) is 5.76. The summed E-state index contributed by atoms with van der Waals surface area (Å²) in [6, 6.07) is 15.8. The van der Waals surface area contributed by atoms with Crippen LogP contribution in [0.15, 0.2) is 36.4 Å². The summed E-state index contributed by atoms with van der Waals surface area (Å²) >= 11 is 0. The number of benzene rings is 2. The van der Waals surface area contributed by atoms with Gasteiger partial charge in [-0.05, 0) is 52.3 Å². The molecule has 0 aromatic heterocycles. The molecule has 2 rings (SSSR count). The largest absolute Gasteiger partial charge is 0.497 e. The van der Waals surface area contributed by atoms with E-state index < -0.39 is 0 Å². The number of hydrogen-bond donors (Lipinski definition) is 0. The molecular formula is C19H23O. The lowest BCUT2D eigenvalue weighted by atomic mass is 9.84. The number of hydrogen-bond acceptors (Lipinski definition) is 1. The van der Waals surface area contributed by atoms with Crippen LogP contribution in [0.5, 0.6) is 5.75 Å². The molecule has 2 aromatic carbocycles. The van der Waals surface area contributed by atoms with Gasteiger partial charge in [-0.25, -0.2) is 0 Å². The molecule has 2 aromatic rings. The van der Waals surface area contributed by atoms with Crippen LogP contribution in [0.3, 0.4) is 0 Å². The average Bonchev–Trinajstić information content (AvgIpc) is 2.46. The van der Waals surface area contributed by atoms with Crippen LogP contribution in [0.1, 0.15) is 50.7 Å². The summed E-state index contributed by atoms with van der Waals surface area (Å²) in [6.07, 6.45) is 0. The molecule has 0 N–H and O–H groups in total. The zero-order valence-electron chi connectivity index (χ0n) is 13.0. The molecule has 0 atom stereocenters. The van der Waals surface area contributed by atoms with Gasteiger partial charge in [0.1, 0.15) is 5.75 Å². The smallest absolute Gasteiger partial charge is 0.119 e. The van der Waals surface area contributed by atoms with Crippen LogP contribution < -0.4 is 4.74 Å². The van der Waals surface area contributed by atoms with Gasteiger partial charge >= 0.3 is 0 Å². The SMILES string of the molecule is COc1cc[c]c(-c2cccc(C(C)C)c2C(C)C)c1. The minimum Gasteiger partial charge on any atom is -0.497 e. The zero-order valence-corrected chi connectivity index (χ0v) is 13.0. The van der Waals surface area contributed by atoms with E-state index in [-0.39, 0.29) is 0 Å². The molecule has 0 aliphatic rings. The van der Waals surface area contributed by atoms with Gasteiger partial charge in [0, 0.05) is 0 Å². The van der Waals surface area contributed by atoms with Crippen LogP contribution >= 0.6 is 0 Å². The van der Waals surface area contributed by atoms with Crippen molar-refractivity contribution in [2.75, 3.05) is 7.11 Å². The molecule has 0 aliphatic heterocycles. The normalized spacial score (nSPS) is 11.2. The van der Waals surface area contributed by atoms with Crippen molar-refractivity contribution in [3.63, 3.8) is 0 Å². The van der Waals surface area contributed by atoms with E-state index >= 15 is 0 Å². The van der Waals surface area contributed by atoms with Crippen molar-refractivity contribution in [1.82, 2.24) is 0 Å².